The summed E-state index contributed by atoms with van der Waals surface area (Å²) in [6, 6.07) is 9.19. The zero-order chi connectivity index (χ0) is 12.1. The van der Waals surface area contributed by atoms with E-state index in [4.69, 9.17) is 9.78 Å². The summed E-state index contributed by atoms with van der Waals surface area (Å²) in [4.78, 5) is 4.27. The molecule has 0 aliphatic rings. The molecule has 2 aromatic rings. The van der Waals surface area contributed by atoms with E-state index in [0.29, 0.717) is 17.3 Å². The number of aromatic nitrogens is 2. The second kappa shape index (κ2) is 5.23. The molecule has 1 aromatic heterocycles. The molecule has 1 aromatic carbocycles. The summed E-state index contributed by atoms with van der Waals surface area (Å²) in [6.45, 7) is 0.803. The minimum Gasteiger partial charge on any atom is -0.334 e. The fourth-order valence-electron chi connectivity index (χ4n) is 1.43. The maximum Gasteiger partial charge on any atom is 0.257 e. The van der Waals surface area contributed by atoms with Crippen molar-refractivity contribution in [1.29, 1.82) is 5.26 Å². The lowest BCUT2D eigenvalue weighted by molar-refractivity contribution is 0.422. The third-order valence-electron chi connectivity index (χ3n) is 2.31. The first-order valence-corrected chi connectivity index (χ1v) is 5.31. The molecule has 0 unspecified atom stereocenters. The Morgan fingerprint density at radius 3 is 3.12 bits per heavy atom. The Bertz CT molecular complexity index is 541. The van der Waals surface area contributed by atoms with Gasteiger partial charge in [-0.1, -0.05) is 11.2 Å². The number of hydrogen-bond acceptors (Lipinski definition) is 5. The first-order valence-electron chi connectivity index (χ1n) is 5.31. The molecule has 0 saturated heterocycles. The van der Waals surface area contributed by atoms with Gasteiger partial charge in [0.05, 0.1) is 11.6 Å². The first kappa shape index (κ1) is 11.3. The molecule has 0 spiro atoms. The molecule has 17 heavy (non-hydrogen) atoms. The summed E-state index contributed by atoms with van der Waals surface area (Å²) in [5.41, 5.74) is 1.35. The number of nitrogens with zero attached hydrogens (tertiary/aromatic N) is 3. The van der Waals surface area contributed by atoms with Crippen molar-refractivity contribution < 1.29 is 4.52 Å². The average Bonchev–Trinajstić information content (AvgIpc) is 2.85. The van der Waals surface area contributed by atoms with E-state index in [2.05, 4.69) is 21.5 Å². The van der Waals surface area contributed by atoms with Gasteiger partial charge in [-0.3, -0.25) is 0 Å². The van der Waals surface area contributed by atoms with Crippen LogP contribution in [0.1, 0.15) is 11.4 Å². The summed E-state index contributed by atoms with van der Waals surface area (Å²) in [5, 5.41) is 15.7. The number of hydrogen-bond donors (Lipinski definition) is 1. The minimum absolute atomic E-state index is 0.452. The van der Waals surface area contributed by atoms with Crippen LogP contribution >= 0.6 is 0 Å². The molecule has 0 aliphatic carbocycles. The predicted octanol–water partition coefficient (Wildman–Crippen LogP) is 1.37. The van der Waals surface area contributed by atoms with Crippen LogP contribution in [0.15, 0.2) is 28.8 Å². The fourth-order valence-corrected chi connectivity index (χ4v) is 1.43. The highest BCUT2D eigenvalue weighted by molar-refractivity contribution is 5.55. The molecule has 0 aliphatic heterocycles. The van der Waals surface area contributed by atoms with Crippen molar-refractivity contribution in [2.75, 3.05) is 13.6 Å². The molecule has 1 heterocycles. The Morgan fingerprint density at radius 2 is 2.35 bits per heavy atom. The van der Waals surface area contributed by atoms with E-state index < -0.39 is 0 Å². The van der Waals surface area contributed by atoms with Gasteiger partial charge in [0.15, 0.2) is 5.82 Å². The molecule has 0 amide bonds. The number of nitriles is 1. The Labute approximate surface area is 99.1 Å². The van der Waals surface area contributed by atoms with Crippen LogP contribution in [0.2, 0.25) is 0 Å². The lowest BCUT2D eigenvalue weighted by Crippen LogP contribution is -2.10. The number of nitrogens with one attached hydrogen (secondary N) is 1. The van der Waals surface area contributed by atoms with Gasteiger partial charge in [0, 0.05) is 18.5 Å². The van der Waals surface area contributed by atoms with Crippen LogP contribution in [0.4, 0.5) is 0 Å². The quantitative estimate of drug-likeness (QED) is 0.855. The van der Waals surface area contributed by atoms with Crippen molar-refractivity contribution >= 4 is 0 Å². The second-order valence-corrected chi connectivity index (χ2v) is 3.56. The topological polar surface area (TPSA) is 74.7 Å². The lowest BCUT2D eigenvalue weighted by Gasteiger charge is -1.93. The maximum atomic E-state index is 8.81. The third kappa shape index (κ3) is 2.68. The summed E-state index contributed by atoms with van der Waals surface area (Å²) >= 11 is 0. The highest BCUT2D eigenvalue weighted by atomic mass is 16.5. The first-order chi connectivity index (χ1) is 8.33. The molecule has 0 bridgehead atoms. The van der Waals surface area contributed by atoms with Crippen molar-refractivity contribution in [3.63, 3.8) is 0 Å². The Kier molecular flexibility index (Phi) is 3.48. The molecular weight excluding hydrogens is 216 g/mol. The van der Waals surface area contributed by atoms with Crippen molar-refractivity contribution in [1.82, 2.24) is 15.5 Å². The fraction of sp³-hybridized carbons (Fsp3) is 0.250. The normalized spacial score (nSPS) is 10.1. The largest absolute Gasteiger partial charge is 0.334 e. The summed E-state index contributed by atoms with van der Waals surface area (Å²) in [7, 11) is 1.87. The van der Waals surface area contributed by atoms with E-state index in [-0.39, 0.29) is 0 Å². The summed E-state index contributed by atoms with van der Waals surface area (Å²) < 4.78 is 5.15. The number of benzene rings is 1. The Balaban J connectivity index is 2.21. The molecule has 5 nitrogen and oxygen atoms in total. The summed E-state index contributed by atoms with van der Waals surface area (Å²) in [6.07, 6.45) is 0.720. The van der Waals surface area contributed by atoms with Crippen molar-refractivity contribution in [2.24, 2.45) is 0 Å². The maximum absolute atomic E-state index is 8.81. The van der Waals surface area contributed by atoms with E-state index in [9.17, 15) is 0 Å². The van der Waals surface area contributed by atoms with E-state index in [1.54, 1.807) is 18.2 Å². The van der Waals surface area contributed by atoms with E-state index >= 15 is 0 Å². The van der Waals surface area contributed by atoms with Crippen LogP contribution in [0.25, 0.3) is 11.5 Å². The predicted molar refractivity (Wildman–Crippen MR) is 62.1 cm³/mol. The Hall–Kier alpha value is -2.19. The van der Waals surface area contributed by atoms with Gasteiger partial charge < -0.3 is 9.84 Å². The lowest BCUT2D eigenvalue weighted by atomic mass is 10.1. The van der Waals surface area contributed by atoms with E-state index in [1.165, 1.54) is 0 Å². The molecule has 0 saturated carbocycles. The SMILES string of the molecule is CNCCc1noc(-c2cccc(C#N)c2)n1. The van der Waals surface area contributed by atoms with Gasteiger partial charge in [-0.15, -0.1) is 0 Å². The molecular formula is C12H12N4O. The monoisotopic (exact) mass is 228 g/mol. The standard InChI is InChI=1S/C12H12N4O/c1-14-6-5-11-15-12(17-16-11)10-4-2-3-9(7-10)8-13/h2-4,7,14H,5-6H2,1H3. The van der Waals surface area contributed by atoms with Gasteiger partial charge in [-0.25, -0.2) is 0 Å². The number of rotatable bonds is 4. The van der Waals surface area contributed by atoms with Gasteiger partial charge in [-0.2, -0.15) is 10.2 Å². The molecule has 1 N–H and O–H groups in total. The zero-order valence-corrected chi connectivity index (χ0v) is 9.47. The molecule has 0 fully saturated rings. The van der Waals surface area contributed by atoms with Crippen LogP contribution in [-0.2, 0) is 6.42 Å². The van der Waals surface area contributed by atoms with Crippen molar-refractivity contribution in [3.05, 3.63) is 35.7 Å². The second-order valence-electron chi connectivity index (χ2n) is 3.56. The van der Waals surface area contributed by atoms with Crippen LogP contribution < -0.4 is 5.32 Å². The molecule has 5 heteroatoms. The Morgan fingerprint density at radius 1 is 1.47 bits per heavy atom. The van der Waals surface area contributed by atoms with E-state index in [1.807, 2.05) is 13.1 Å². The third-order valence-corrected chi connectivity index (χ3v) is 2.31. The highest BCUT2D eigenvalue weighted by Gasteiger charge is 2.08. The highest BCUT2D eigenvalue weighted by Crippen LogP contribution is 2.18. The van der Waals surface area contributed by atoms with E-state index in [0.717, 1.165) is 18.5 Å². The van der Waals surface area contributed by atoms with Crippen LogP contribution in [0.3, 0.4) is 0 Å². The average molecular weight is 228 g/mol. The smallest absolute Gasteiger partial charge is 0.257 e. The van der Waals surface area contributed by atoms with Gasteiger partial charge >= 0.3 is 0 Å². The van der Waals surface area contributed by atoms with Gasteiger partial charge in [0.1, 0.15) is 0 Å². The van der Waals surface area contributed by atoms with Crippen LogP contribution in [-0.4, -0.2) is 23.7 Å². The molecule has 0 atom stereocenters. The summed E-state index contributed by atoms with van der Waals surface area (Å²) in [5.74, 6) is 1.12. The van der Waals surface area contributed by atoms with Crippen LogP contribution in [0, 0.1) is 11.3 Å². The van der Waals surface area contributed by atoms with Crippen LogP contribution in [0.5, 0.6) is 0 Å². The van der Waals surface area contributed by atoms with Gasteiger partial charge in [-0.05, 0) is 25.2 Å². The molecule has 2 rings (SSSR count). The van der Waals surface area contributed by atoms with Crippen molar-refractivity contribution in [2.45, 2.75) is 6.42 Å². The molecule has 86 valence electrons. The van der Waals surface area contributed by atoms with Crippen molar-refractivity contribution in [3.8, 4) is 17.5 Å². The zero-order valence-electron chi connectivity index (χ0n) is 9.47. The molecule has 0 radical (unpaired) electrons. The minimum atomic E-state index is 0.452. The van der Waals surface area contributed by atoms with Gasteiger partial charge in [0.2, 0.25) is 0 Å². The van der Waals surface area contributed by atoms with Gasteiger partial charge in [0.25, 0.3) is 5.89 Å². The number of likely N-dealkylation sites (N-methyl/N-ethyl adjacent to an activating group) is 1.